The third-order valence-corrected chi connectivity index (χ3v) is 6.00. The molecule has 1 fully saturated rings. The number of rotatable bonds is 11. The van der Waals surface area contributed by atoms with Gasteiger partial charge in [0.2, 0.25) is 0 Å². The molecule has 1 heterocycles. The average Bonchev–Trinajstić information content (AvgIpc) is 2.89. The van der Waals surface area contributed by atoms with Crippen LogP contribution in [0.25, 0.3) is 6.08 Å². The van der Waals surface area contributed by atoms with Gasteiger partial charge in [-0.3, -0.25) is 14.5 Å². The van der Waals surface area contributed by atoms with Crippen molar-refractivity contribution in [3.63, 3.8) is 0 Å². The highest BCUT2D eigenvalue weighted by atomic mass is 32.2. The molecule has 1 amide bonds. The number of carbonyl (C=O) groups excluding carboxylic acids is 1. The number of carbonyl (C=O) groups is 2. The number of aryl methyl sites for hydroxylation is 1. The van der Waals surface area contributed by atoms with E-state index in [-0.39, 0.29) is 12.3 Å². The molecular formula is C21H27NO3S2. The molecule has 0 unspecified atom stereocenters. The molecule has 146 valence electrons. The number of hydrogen-bond acceptors (Lipinski definition) is 4. The van der Waals surface area contributed by atoms with Crippen LogP contribution < -0.4 is 0 Å². The zero-order chi connectivity index (χ0) is 19.6. The summed E-state index contributed by atoms with van der Waals surface area (Å²) in [5, 5.41) is 8.60. The molecule has 4 nitrogen and oxygen atoms in total. The van der Waals surface area contributed by atoms with Gasteiger partial charge in [0, 0.05) is 13.0 Å². The predicted molar refractivity (Wildman–Crippen MR) is 116 cm³/mol. The molecule has 0 bridgehead atoms. The Hall–Kier alpha value is -1.66. The van der Waals surface area contributed by atoms with Crippen molar-refractivity contribution in [2.75, 3.05) is 6.54 Å². The van der Waals surface area contributed by atoms with Gasteiger partial charge in [0.05, 0.1) is 4.91 Å². The molecule has 1 aromatic rings. The van der Waals surface area contributed by atoms with Gasteiger partial charge in [-0.1, -0.05) is 80.3 Å². The topological polar surface area (TPSA) is 57.6 Å². The Kier molecular flexibility index (Phi) is 9.01. The number of nitrogens with zero attached hydrogens (tertiary/aromatic N) is 1. The fraction of sp³-hybridized carbons (Fsp3) is 0.476. The van der Waals surface area contributed by atoms with Crippen LogP contribution in [0, 0.1) is 6.92 Å². The van der Waals surface area contributed by atoms with Gasteiger partial charge in [0.15, 0.2) is 0 Å². The fourth-order valence-corrected chi connectivity index (χ4v) is 4.31. The highest BCUT2D eigenvalue weighted by Crippen LogP contribution is 2.33. The van der Waals surface area contributed by atoms with Crippen LogP contribution in [0.5, 0.6) is 0 Å². The van der Waals surface area contributed by atoms with Crippen molar-refractivity contribution in [2.24, 2.45) is 0 Å². The van der Waals surface area contributed by atoms with E-state index in [9.17, 15) is 9.59 Å². The van der Waals surface area contributed by atoms with Crippen molar-refractivity contribution in [1.82, 2.24) is 4.90 Å². The van der Waals surface area contributed by atoms with Gasteiger partial charge < -0.3 is 5.11 Å². The van der Waals surface area contributed by atoms with Crippen LogP contribution in [0.4, 0.5) is 0 Å². The molecule has 0 aliphatic carbocycles. The van der Waals surface area contributed by atoms with E-state index >= 15 is 0 Å². The molecule has 1 saturated heterocycles. The minimum Gasteiger partial charge on any atom is -0.481 e. The van der Waals surface area contributed by atoms with Gasteiger partial charge in [-0.15, -0.1) is 0 Å². The van der Waals surface area contributed by atoms with Crippen molar-refractivity contribution < 1.29 is 14.7 Å². The van der Waals surface area contributed by atoms with Crippen LogP contribution in [0.15, 0.2) is 29.2 Å². The lowest BCUT2D eigenvalue weighted by molar-refractivity contribution is -0.137. The number of aliphatic carboxylic acids is 1. The summed E-state index contributed by atoms with van der Waals surface area (Å²) in [5.41, 5.74) is 2.20. The number of carboxylic acid groups (broad SMARTS) is 1. The molecule has 1 aliphatic rings. The summed E-state index contributed by atoms with van der Waals surface area (Å²) in [6.07, 6.45) is 9.26. The van der Waals surface area contributed by atoms with E-state index in [4.69, 9.17) is 17.3 Å². The van der Waals surface area contributed by atoms with Gasteiger partial charge in [-0.25, -0.2) is 0 Å². The SMILES string of the molecule is Cc1ccccc1/C=C1\SC(=S)N(CCCCCCCCCC(=O)O)C1=O. The summed E-state index contributed by atoms with van der Waals surface area (Å²) in [7, 11) is 0. The number of thioether (sulfide) groups is 1. The number of thiocarbonyl (C=S) groups is 1. The second kappa shape index (κ2) is 11.2. The summed E-state index contributed by atoms with van der Waals surface area (Å²) in [6, 6.07) is 8.01. The molecule has 1 N–H and O–H groups in total. The Bertz CT molecular complexity index is 715. The minimum absolute atomic E-state index is 0.0157. The summed E-state index contributed by atoms with van der Waals surface area (Å²) in [6.45, 7) is 2.71. The molecule has 0 saturated carbocycles. The lowest BCUT2D eigenvalue weighted by atomic mass is 10.1. The first kappa shape index (κ1) is 21.6. The fourth-order valence-electron chi connectivity index (χ4n) is 3.01. The molecule has 1 aliphatic heterocycles. The zero-order valence-corrected chi connectivity index (χ0v) is 17.4. The molecule has 2 rings (SSSR count). The van der Waals surface area contributed by atoms with E-state index in [2.05, 4.69) is 0 Å². The van der Waals surface area contributed by atoms with Crippen LogP contribution >= 0.6 is 24.0 Å². The second-order valence-corrected chi connectivity index (χ2v) is 8.48. The van der Waals surface area contributed by atoms with E-state index < -0.39 is 5.97 Å². The Morgan fingerprint density at radius 1 is 1.11 bits per heavy atom. The quantitative estimate of drug-likeness (QED) is 0.303. The lowest BCUT2D eigenvalue weighted by Crippen LogP contribution is -2.29. The maximum absolute atomic E-state index is 12.6. The van der Waals surface area contributed by atoms with Crippen LogP contribution in [0.3, 0.4) is 0 Å². The molecule has 0 spiro atoms. The van der Waals surface area contributed by atoms with Gasteiger partial charge in [0.25, 0.3) is 5.91 Å². The Labute approximate surface area is 171 Å². The Balaban J connectivity index is 1.70. The van der Waals surface area contributed by atoms with Crippen molar-refractivity contribution in [3.8, 4) is 0 Å². The van der Waals surface area contributed by atoms with E-state index in [0.29, 0.717) is 15.8 Å². The summed E-state index contributed by atoms with van der Waals surface area (Å²) in [5.74, 6) is -0.697. The first-order valence-corrected chi connectivity index (χ1v) is 10.7. The van der Waals surface area contributed by atoms with Gasteiger partial charge >= 0.3 is 5.97 Å². The molecule has 0 aromatic heterocycles. The average molecular weight is 406 g/mol. The van der Waals surface area contributed by atoms with Crippen molar-refractivity contribution in [3.05, 3.63) is 40.3 Å². The van der Waals surface area contributed by atoms with Crippen LogP contribution in [-0.2, 0) is 9.59 Å². The summed E-state index contributed by atoms with van der Waals surface area (Å²) in [4.78, 5) is 25.5. The molecule has 0 atom stereocenters. The third-order valence-electron chi connectivity index (χ3n) is 4.62. The lowest BCUT2D eigenvalue weighted by Gasteiger charge is -2.14. The molecular weight excluding hydrogens is 378 g/mol. The molecule has 0 radical (unpaired) electrons. The number of unbranched alkanes of at least 4 members (excludes halogenated alkanes) is 6. The maximum atomic E-state index is 12.6. The van der Waals surface area contributed by atoms with Crippen molar-refractivity contribution >= 4 is 46.3 Å². The molecule has 27 heavy (non-hydrogen) atoms. The number of carboxylic acids is 1. The predicted octanol–water partition coefficient (Wildman–Crippen LogP) is 5.40. The molecule has 1 aromatic carbocycles. The smallest absolute Gasteiger partial charge is 0.303 e. The third kappa shape index (κ3) is 7.11. The number of benzene rings is 1. The van der Waals surface area contributed by atoms with E-state index in [1.54, 1.807) is 4.90 Å². The Morgan fingerprint density at radius 2 is 1.74 bits per heavy atom. The number of hydrogen-bond donors (Lipinski definition) is 1. The Morgan fingerprint density at radius 3 is 2.41 bits per heavy atom. The van der Waals surface area contributed by atoms with E-state index in [1.165, 1.54) is 11.8 Å². The second-order valence-electron chi connectivity index (χ2n) is 6.81. The van der Waals surface area contributed by atoms with Crippen LogP contribution in [-0.4, -0.2) is 32.7 Å². The zero-order valence-electron chi connectivity index (χ0n) is 15.8. The first-order chi connectivity index (χ1) is 13.0. The monoisotopic (exact) mass is 405 g/mol. The minimum atomic E-state index is -0.713. The highest BCUT2D eigenvalue weighted by Gasteiger charge is 2.31. The standard InChI is InChI=1S/C21H27NO3S2/c1-16-11-8-9-12-17(16)15-18-20(25)22(21(26)27-18)14-10-6-4-2-3-5-7-13-19(23)24/h8-9,11-12,15H,2-7,10,13-14H2,1H3,(H,23,24)/b18-15-. The maximum Gasteiger partial charge on any atom is 0.303 e. The number of amides is 1. The normalized spacial score (nSPS) is 15.7. The highest BCUT2D eigenvalue weighted by molar-refractivity contribution is 8.26. The van der Waals surface area contributed by atoms with Gasteiger partial charge in [0.1, 0.15) is 4.32 Å². The largest absolute Gasteiger partial charge is 0.481 e. The summed E-state index contributed by atoms with van der Waals surface area (Å²) >= 11 is 6.78. The van der Waals surface area contributed by atoms with Crippen molar-refractivity contribution in [2.45, 2.75) is 58.3 Å². The van der Waals surface area contributed by atoms with Gasteiger partial charge in [-0.05, 0) is 37.0 Å². The van der Waals surface area contributed by atoms with Crippen LogP contribution in [0.2, 0.25) is 0 Å². The van der Waals surface area contributed by atoms with E-state index in [1.807, 2.05) is 37.3 Å². The summed E-state index contributed by atoms with van der Waals surface area (Å²) < 4.78 is 0.647. The molecule has 6 heteroatoms. The first-order valence-electron chi connectivity index (χ1n) is 9.52. The van der Waals surface area contributed by atoms with Gasteiger partial charge in [-0.2, -0.15) is 0 Å². The van der Waals surface area contributed by atoms with Crippen LogP contribution in [0.1, 0.15) is 62.5 Å². The van der Waals surface area contributed by atoms with Crippen molar-refractivity contribution in [1.29, 1.82) is 0 Å². The van der Waals surface area contributed by atoms with E-state index in [0.717, 1.165) is 56.1 Å².